The third-order valence-electron chi connectivity index (χ3n) is 1.37. The van der Waals surface area contributed by atoms with Crippen molar-refractivity contribution >= 4 is 5.82 Å². The summed E-state index contributed by atoms with van der Waals surface area (Å²) in [6, 6.07) is 3.96. The smallest absolute Gasteiger partial charge is 0.126 e. The van der Waals surface area contributed by atoms with Gasteiger partial charge in [-0.2, -0.15) is 0 Å². The van der Waals surface area contributed by atoms with Gasteiger partial charge in [-0.15, -0.1) is 0 Å². The predicted octanol–water partition coefficient (Wildman–Crippen LogP) is 1.79. The van der Waals surface area contributed by atoms with Gasteiger partial charge in [0, 0.05) is 19.3 Å². The van der Waals surface area contributed by atoms with Gasteiger partial charge in [-0.1, -0.05) is 13.8 Å². The van der Waals surface area contributed by atoms with Crippen LogP contribution in [0.15, 0.2) is 18.3 Å². The second kappa shape index (κ2) is 7.55. The molecule has 74 valence electrons. The fourth-order valence-electron chi connectivity index (χ4n) is 0.833. The van der Waals surface area contributed by atoms with Gasteiger partial charge < -0.3 is 11.1 Å². The monoisotopic (exact) mass is 181 g/mol. The molecule has 0 aliphatic rings. The van der Waals surface area contributed by atoms with E-state index in [9.17, 15) is 0 Å². The summed E-state index contributed by atoms with van der Waals surface area (Å²) in [4.78, 5) is 4.11. The van der Waals surface area contributed by atoms with Crippen molar-refractivity contribution in [2.45, 2.75) is 20.8 Å². The van der Waals surface area contributed by atoms with Crippen molar-refractivity contribution in [2.24, 2.45) is 5.73 Å². The fraction of sp³-hybridized carbons (Fsp3) is 0.500. The van der Waals surface area contributed by atoms with Gasteiger partial charge in [0.25, 0.3) is 0 Å². The molecule has 0 bridgehead atoms. The number of pyridine rings is 1. The topological polar surface area (TPSA) is 50.9 Å². The molecule has 1 rings (SSSR count). The number of rotatable bonds is 3. The maximum Gasteiger partial charge on any atom is 0.126 e. The van der Waals surface area contributed by atoms with E-state index in [1.165, 1.54) is 5.56 Å². The molecule has 0 fully saturated rings. The lowest BCUT2D eigenvalue weighted by Crippen LogP contribution is -2.13. The van der Waals surface area contributed by atoms with E-state index in [1.54, 1.807) is 6.20 Å². The summed E-state index contributed by atoms with van der Waals surface area (Å²) in [5, 5.41) is 3.10. The number of nitrogens with two attached hydrogens (primary N) is 1. The van der Waals surface area contributed by atoms with Crippen LogP contribution in [0.3, 0.4) is 0 Å². The molecule has 0 spiro atoms. The number of aryl methyl sites for hydroxylation is 1. The zero-order valence-corrected chi connectivity index (χ0v) is 8.67. The molecule has 0 amide bonds. The molecule has 3 heteroatoms. The minimum absolute atomic E-state index is 0.635. The van der Waals surface area contributed by atoms with E-state index in [1.807, 2.05) is 32.9 Å². The number of hydrogen-bond donors (Lipinski definition) is 2. The van der Waals surface area contributed by atoms with Crippen molar-refractivity contribution in [2.75, 3.05) is 18.4 Å². The highest BCUT2D eigenvalue weighted by molar-refractivity contribution is 5.36. The third kappa shape index (κ3) is 5.20. The van der Waals surface area contributed by atoms with Gasteiger partial charge in [-0.25, -0.2) is 4.98 Å². The second-order valence-electron chi connectivity index (χ2n) is 2.43. The Morgan fingerprint density at radius 2 is 2.15 bits per heavy atom. The summed E-state index contributed by atoms with van der Waals surface area (Å²) < 4.78 is 0. The van der Waals surface area contributed by atoms with Crippen molar-refractivity contribution < 1.29 is 0 Å². The van der Waals surface area contributed by atoms with Crippen LogP contribution in [0.5, 0.6) is 0 Å². The molecule has 1 aromatic heterocycles. The van der Waals surface area contributed by atoms with Crippen LogP contribution in [0.2, 0.25) is 0 Å². The first kappa shape index (κ1) is 11.9. The van der Waals surface area contributed by atoms with Crippen LogP contribution >= 0.6 is 0 Å². The van der Waals surface area contributed by atoms with Crippen molar-refractivity contribution in [3.05, 3.63) is 23.9 Å². The quantitative estimate of drug-likeness (QED) is 0.747. The molecule has 0 aliphatic carbocycles. The van der Waals surface area contributed by atoms with E-state index in [2.05, 4.69) is 10.3 Å². The molecule has 0 radical (unpaired) electrons. The summed E-state index contributed by atoms with van der Waals surface area (Å²) in [5.41, 5.74) is 6.53. The van der Waals surface area contributed by atoms with E-state index in [4.69, 9.17) is 5.73 Å². The Labute approximate surface area is 80.4 Å². The Morgan fingerprint density at radius 3 is 2.69 bits per heavy atom. The average molecular weight is 181 g/mol. The van der Waals surface area contributed by atoms with Gasteiger partial charge in [-0.05, 0) is 24.6 Å². The third-order valence-corrected chi connectivity index (χ3v) is 1.37. The molecule has 0 atom stereocenters. The normalized spacial score (nSPS) is 8.62. The van der Waals surface area contributed by atoms with E-state index >= 15 is 0 Å². The van der Waals surface area contributed by atoms with Crippen LogP contribution in [-0.4, -0.2) is 18.1 Å². The van der Waals surface area contributed by atoms with Gasteiger partial charge in [0.1, 0.15) is 5.82 Å². The van der Waals surface area contributed by atoms with Crippen LogP contribution in [0.25, 0.3) is 0 Å². The summed E-state index contributed by atoms with van der Waals surface area (Å²) in [6.45, 7) is 7.45. The van der Waals surface area contributed by atoms with E-state index in [-0.39, 0.29) is 0 Å². The molecule has 0 saturated heterocycles. The lowest BCUT2D eigenvalue weighted by molar-refractivity contribution is 1.01. The fourth-order valence-corrected chi connectivity index (χ4v) is 0.833. The molecule has 0 unspecified atom stereocenters. The van der Waals surface area contributed by atoms with Crippen molar-refractivity contribution in [3.63, 3.8) is 0 Å². The molecule has 0 aliphatic heterocycles. The van der Waals surface area contributed by atoms with Crippen molar-refractivity contribution in [1.82, 2.24) is 4.98 Å². The first-order chi connectivity index (χ1) is 6.33. The standard InChI is InChI=1S/C8H13N3.C2H6/c1-7-2-4-10-8(6-7)11-5-3-9;1-2/h2,4,6H,3,5,9H2,1H3,(H,10,11);1-2H3. The first-order valence-electron chi connectivity index (χ1n) is 4.69. The van der Waals surface area contributed by atoms with Gasteiger partial charge in [0.2, 0.25) is 0 Å². The van der Waals surface area contributed by atoms with E-state index < -0.39 is 0 Å². The lowest BCUT2D eigenvalue weighted by Gasteiger charge is -2.02. The SMILES string of the molecule is CC.Cc1ccnc(NCCN)c1. The van der Waals surface area contributed by atoms with Crippen LogP contribution in [0, 0.1) is 6.92 Å². The lowest BCUT2D eigenvalue weighted by atomic mass is 10.3. The minimum Gasteiger partial charge on any atom is -0.369 e. The highest BCUT2D eigenvalue weighted by Crippen LogP contribution is 2.03. The Bertz CT molecular complexity index is 223. The van der Waals surface area contributed by atoms with E-state index in [0.717, 1.165) is 12.4 Å². The van der Waals surface area contributed by atoms with Gasteiger partial charge in [0.15, 0.2) is 0 Å². The van der Waals surface area contributed by atoms with Crippen molar-refractivity contribution in [1.29, 1.82) is 0 Å². The second-order valence-corrected chi connectivity index (χ2v) is 2.43. The van der Waals surface area contributed by atoms with Crippen LogP contribution in [0.1, 0.15) is 19.4 Å². The van der Waals surface area contributed by atoms with Crippen LogP contribution < -0.4 is 11.1 Å². The maximum absolute atomic E-state index is 5.32. The zero-order valence-electron chi connectivity index (χ0n) is 8.67. The minimum atomic E-state index is 0.635. The highest BCUT2D eigenvalue weighted by atomic mass is 15.0. The number of nitrogens with one attached hydrogen (secondary N) is 1. The predicted molar refractivity (Wildman–Crippen MR) is 57.9 cm³/mol. The van der Waals surface area contributed by atoms with Gasteiger partial charge in [-0.3, -0.25) is 0 Å². The molecule has 13 heavy (non-hydrogen) atoms. The molecule has 3 N–H and O–H groups in total. The Kier molecular flexibility index (Phi) is 6.92. The summed E-state index contributed by atoms with van der Waals surface area (Å²) in [7, 11) is 0. The Balaban J connectivity index is 0.000000671. The number of nitrogens with zero attached hydrogens (tertiary/aromatic N) is 1. The summed E-state index contributed by atoms with van der Waals surface area (Å²) >= 11 is 0. The Hall–Kier alpha value is -1.09. The Morgan fingerprint density at radius 1 is 1.46 bits per heavy atom. The van der Waals surface area contributed by atoms with Gasteiger partial charge in [0.05, 0.1) is 0 Å². The zero-order chi connectivity index (χ0) is 10.1. The highest BCUT2D eigenvalue weighted by Gasteiger charge is 1.90. The molecule has 1 heterocycles. The number of anilines is 1. The molecule has 3 nitrogen and oxygen atoms in total. The van der Waals surface area contributed by atoms with Gasteiger partial charge >= 0.3 is 0 Å². The summed E-state index contributed by atoms with van der Waals surface area (Å²) in [6.07, 6.45) is 1.79. The molecular weight excluding hydrogens is 162 g/mol. The number of hydrogen-bond acceptors (Lipinski definition) is 3. The molecule has 0 saturated carbocycles. The van der Waals surface area contributed by atoms with Crippen LogP contribution in [0.4, 0.5) is 5.82 Å². The molecule has 1 aromatic rings. The molecule has 0 aromatic carbocycles. The summed E-state index contributed by atoms with van der Waals surface area (Å²) in [5.74, 6) is 0.899. The first-order valence-corrected chi connectivity index (χ1v) is 4.69. The average Bonchev–Trinajstić information content (AvgIpc) is 2.18. The largest absolute Gasteiger partial charge is 0.369 e. The molecular formula is C10H19N3. The van der Waals surface area contributed by atoms with E-state index in [0.29, 0.717) is 6.54 Å². The van der Waals surface area contributed by atoms with Crippen LogP contribution in [-0.2, 0) is 0 Å². The van der Waals surface area contributed by atoms with Crippen molar-refractivity contribution in [3.8, 4) is 0 Å². The maximum atomic E-state index is 5.32. The number of aromatic nitrogens is 1.